The number of likely N-dealkylation sites (tertiary alicyclic amines) is 1. The van der Waals surface area contributed by atoms with Gasteiger partial charge in [0.2, 0.25) is 5.91 Å². The van der Waals surface area contributed by atoms with Crippen molar-refractivity contribution in [2.24, 2.45) is 5.92 Å². The number of carbonyl (C=O) groups is 1. The second-order valence-corrected chi connectivity index (χ2v) is 7.02. The van der Waals surface area contributed by atoms with Crippen molar-refractivity contribution in [1.82, 2.24) is 25.4 Å². The number of amides is 1. The Morgan fingerprint density at radius 1 is 1.35 bits per heavy atom. The summed E-state index contributed by atoms with van der Waals surface area (Å²) >= 11 is 0. The molecule has 1 aliphatic carbocycles. The maximum atomic E-state index is 12.6. The zero-order valence-corrected chi connectivity index (χ0v) is 14.3. The van der Waals surface area contributed by atoms with Gasteiger partial charge in [-0.05, 0) is 39.2 Å². The first kappa shape index (κ1) is 16.4. The van der Waals surface area contributed by atoms with Gasteiger partial charge >= 0.3 is 0 Å². The largest absolute Gasteiger partial charge is 0.346 e. The Hall–Kier alpha value is -1.43. The number of aromatic amines is 1. The van der Waals surface area contributed by atoms with Gasteiger partial charge in [0.15, 0.2) is 5.82 Å². The summed E-state index contributed by atoms with van der Waals surface area (Å²) in [5.74, 6) is 1.76. The van der Waals surface area contributed by atoms with Crippen LogP contribution in [0.2, 0.25) is 0 Å². The highest BCUT2D eigenvalue weighted by molar-refractivity contribution is 5.79. The molecular weight excluding hydrogens is 290 g/mol. The fourth-order valence-electron chi connectivity index (χ4n) is 3.93. The molecular formula is C17H29N5O. The fourth-order valence-corrected chi connectivity index (χ4v) is 3.93. The number of rotatable bonds is 5. The lowest BCUT2D eigenvalue weighted by Crippen LogP contribution is -2.38. The minimum absolute atomic E-state index is 0.0869. The SMILES string of the molecule is CCC(NC(=O)C1CCN(C2CCCCC2)C1)c1n[nH]c(C)n1. The van der Waals surface area contributed by atoms with E-state index in [4.69, 9.17) is 0 Å². The smallest absolute Gasteiger partial charge is 0.225 e. The van der Waals surface area contributed by atoms with Crippen LogP contribution in [0.4, 0.5) is 0 Å². The van der Waals surface area contributed by atoms with Crippen molar-refractivity contribution in [2.45, 2.75) is 70.9 Å². The number of carbonyl (C=O) groups excluding carboxylic acids is 1. The molecule has 0 bridgehead atoms. The second-order valence-electron chi connectivity index (χ2n) is 7.02. The van der Waals surface area contributed by atoms with E-state index in [1.54, 1.807) is 0 Å². The molecule has 0 spiro atoms. The predicted molar refractivity (Wildman–Crippen MR) is 88.8 cm³/mol. The van der Waals surface area contributed by atoms with Crippen LogP contribution in [0.3, 0.4) is 0 Å². The molecule has 2 aliphatic rings. The van der Waals surface area contributed by atoms with Crippen molar-refractivity contribution in [3.8, 4) is 0 Å². The van der Waals surface area contributed by atoms with E-state index < -0.39 is 0 Å². The van der Waals surface area contributed by atoms with Crippen LogP contribution in [-0.4, -0.2) is 45.1 Å². The summed E-state index contributed by atoms with van der Waals surface area (Å²) in [7, 11) is 0. The topological polar surface area (TPSA) is 73.9 Å². The molecule has 0 radical (unpaired) electrons. The van der Waals surface area contributed by atoms with Crippen LogP contribution >= 0.6 is 0 Å². The van der Waals surface area contributed by atoms with Gasteiger partial charge in [-0.15, -0.1) is 0 Å². The number of aryl methyl sites for hydroxylation is 1. The monoisotopic (exact) mass is 319 g/mol. The van der Waals surface area contributed by atoms with Crippen molar-refractivity contribution in [2.75, 3.05) is 13.1 Å². The number of nitrogens with zero attached hydrogens (tertiary/aromatic N) is 3. The zero-order chi connectivity index (χ0) is 16.2. The lowest BCUT2D eigenvalue weighted by Gasteiger charge is -2.31. The zero-order valence-electron chi connectivity index (χ0n) is 14.3. The lowest BCUT2D eigenvalue weighted by atomic mass is 9.94. The van der Waals surface area contributed by atoms with E-state index in [-0.39, 0.29) is 17.9 Å². The van der Waals surface area contributed by atoms with Gasteiger partial charge in [-0.25, -0.2) is 4.98 Å². The maximum absolute atomic E-state index is 12.6. The Balaban J connectivity index is 1.54. The van der Waals surface area contributed by atoms with Gasteiger partial charge in [0.05, 0.1) is 12.0 Å². The molecule has 3 rings (SSSR count). The summed E-state index contributed by atoms with van der Waals surface area (Å²) in [6, 6.07) is 0.621. The Morgan fingerprint density at radius 2 is 2.13 bits per heavy atom. The third-order valence-electron chi connectivity index (χ3n) is 5.33. The molecule has 2 heterocycles. The third kappa shape index (κ3) is 3.91. The van der Waals surface area contributed by atoms with E-state index in [1.807, 2.05) is 6.92 Å². The minimum atomic E-state index is -0.0869. The first-order chi connectivity index (χ1) is 11.2. The van der Waals surface area contributed by atoms with Crippen LogP contribution in [0.15, 0.2) is 0 Å². The number of aromatic nitrogens is 3. The molecule has 1 amide bonds. The first-order valence-electron chi connectivity index (χ1n) is 9.10. The third-order valence-corrected chi connectivity index (χ3v) is 5.33. The molecule has 1 aromatic rings. The summed E-state index contributed by atoms with van der Waals surface area (Å²) in [6.07, 6.45) is 8.47. The summed E-state index contributed by atoms with van der Waals surface area (Å²) in [5.41, 5.74) is 0. The Labute approximate surface area is 138 Å². The molecule has 6 heteroatoms. The van der Waals surface area contributed by atoms with Crippen LogP contribution in [0.1, 0.15) is 69.6 Å². The molecule has 2 N–H and O–H groups in total. The van der Waals surface area contributed by atoms with E-state index in [1.165, 1.54) is 32.1 Å². The number of nitrogens with one attached hydrogen (secondary N) is 2. The average Bonchev–Trinajstić information content (AvgIpc) is 3.22. The highest BCUT2D eigenvalue weighted by Gasteiger charge is 2.33. The van der Waals surface area contributed by atoms with Crippen LogP contribution < -0.4 is 5.32 Å². The van der Waals surface area contributed by atoms with Crippen molar-refractivity contribution in [3.05, 3.63) is 11.6 Å². The van der Waals surface area contributed by atoms with E-state index in [0.29, 0.717) is 11.9 Å². The Bertz CT molecular complexity index is 523. The van der Waals surface area contributed by atoms with E-state index in [9.17, 15) is 4.79 Å². The van der Waals surface area contributed by atoms with Crippen molar-refractivity contribution < 1.29 is 4.79 Å². The highest BCUT2D eigenvalue weighted by Crippen LogP contribution is 2.28. The molecule has 23 heavy (non-hydrogen) atoms. The molecule has 1 aliphatic heterocycles. The molecule has 2 unspecified atom stereocenters. The maximum Gasteiger partial charge on any atom is 0.225 e. The normalized spacial score (nSPS) is 24.7. The molecule has 1 saturated heterocycles. The number of hydrogen-bond acceptors (Lipinski definition) is 4. The van der Waals surface area contributed by atoms with Crippen molar-refractivity contribution in [3.63, 3.8) is 0 Å². The first-order valence-corrected chi connectivity index (χ1v) is 9.10. The van der Waals surface area contributed by atoms with Crippen LogP contribution in [0.25, 0.3) is 0 Å². The molecule has 0 aromatic carbocycles. The minimum Gasteiger partial charge on any atom is -0.346 e. The van der Waals surface area contributed by atoms with Crippen molar-refractivity contribution >= 4 is 5.91 Å². The second kappa shape index (κ2) is 7.43. The van der Waals surface area contributed by atoms with Crippen LogP contribution in [0, 0.1) is 12.8 Å². The summed E-state index contributed by atoms with van der Waals surface area (Å²) in [4.78, 5) is 19.5. The standard InChI is InChI=1S/C17H29N5O/c1-3-15(16-18-12(2)20-21-16)19-17(23)13-9-10-22(11-13)14-7-5-4-6-8-14/h13-15H,3-11H2,1-2H3,(H,19,23)(H,18,20,21). The highest BCUT2D eigenvalue weighted by atomic mass is 16.2. The van der Waals surface area contributed by atoms with Gasteiger partial charge in [-0.3, -0.25) is 14.8 Å². The summed E-state index contributed by atoms with van der Waals surface area (Å²) in [6.45, 7) is 5.92. The van der Waals surface area contributed by atoms with Gasteiger partial charge < -0.3 is 5.32 Å². The number of H-pyrrole nitrogens is 1. The summed E-state index contributed by atoms with van der Waals surface area (Å²) < 4.78 is 0. The predicted octanol–water partition coefficient (Wildman–Crippen LogP) is 2.34. The van der Waals surface area contributed by atoms with Gasteiger partial charge in [0.1, 0.15) is 5.82 Å². The quantitative estimate of drug-likeness (QED) is 0.873. The molecule has 1 saturated carbocycles. The van der Waals surface area contributed by atoms with Crippen LogP contribution in [-0.2, 0) is 4.79 Å². The summed E-state index contributed by atoms with van der Waals surface area (Å²) in [5, 5.41) is 10.2. The molecule has 128 valence electrons. The fraction of sp³-hybridized carbons (Fsp3) is 0.824. The van der Waals surface area contributed by atoms with Crippen LogP contribution in [0.5, 0.6) is 0 Å². The van der Waals surface area contributed by atoms with Gasteiger partial charge in [0.25, 0.3) is 0 Å². The van der Waals surface area contributed by atoms with E-state index in [0.717, 1.165) is 31.8 Å². The molecule has 2 fully saturated rings. The Morgan fingerprint density at radius 3 is 2.78 bits per heavy atom. The van der Waals surface area contributed by atoms with Gasteiger partial charge in [-0.2, -0.15) is 5.10 Å². The molecule has 2 atom stereocenters. The lowest BCUT2D eigenvalue weighted by molar-refractivity contribution is -0.125. The average molecular weight is 319 g/mol. The van der Waals surface area contributed by atoms with E-state index in [2.05, 4.69) is 32.3 Å². The van der Waals surface area contributed by atoms with E-state index >= 15 is 0 Å². The van der Waals surface area contributed by atoms with Gasteiger partial charge in [0, 0.05) is 12.6 Å². The number of hydrogen-bond donors (Lipinski definition) is 2. The Kier molecular flexibility index (Phi) is 5.30. The van der Waals surface area contributed by atoms with Gasteiger partial charge in [-0.1, -0.05) is 26.2 Å². The molecule has 1 aromatic heterocycles. The molecule has 6 nitrogen and oxygen atoms in total. The van der Waals surface area contributed by atoms with Crippen molar-refractivity contribution in [1.29, 1.82) is 0 Å².